The number of carboxylic acid groups (broad SMARTS) is 1. The average Bonchev–Trinajstić information content (AvgIpc) is 3.05. The maximum absolute atomic E-state index is 11.2. The van der Waals surface area contributed by atoms with E-state index < -0.39 is 11.4 Å². The topological polar surface area (TPSA) is 62.2 Å². The lowest BCUT2D eigenvalue weighted by molar-refractivity contribution is -0.142. The third-order valence-corrected chi connectivity index (χ3v) is 5.06. The first-order valence-electron chi connectivity index (χ1n) is 6.43. The van der Waals surface area contributed by atoms with Crippen molar-refractivity contribution in [1.82, 2.24) is 4.98 Å². The zero-order valence-corrected chi connectivity index (χ0v) is 13.4. The van der Waals surface area contributed by atoms with Crippen LogP contribution in [0.15, 0.2) is 16.8 Å². The molecular weight excluding hydrogens is 292 g/mol. The van der Waals surface area contributed by atoms with Gasteiger partial charge in [-0.05, 0) is 37.3 Å². The molecule has 0 aliphatic rings. The molecule has 2 aromatic heterocycles. The minimum atomic E-state index is -0.950. The van der Waals surface area contributed by atoms with E-state index in [2.05, 4.69) is 28.7 Å². The number of nitrogens with zero attached hydrogens (tertiary/aromatic N) is 1. The van der Waals surface area contributed by atoms with E-state index in [4.69, 9.17) is 0 Å². The molecule has 4 nitrogen and oxygen atoms in total. The predicted octanol–water partition coefficient (Wildman–Crippen LogP) is 3.74. The Hall–Kier alpha value is -1.40. The van der Waals surface area contributed by atoms with Crippen molar-refractivity contribution in [3.05, 3.63) is 33.0 Å². The Kier molecular flexibility index (Phi) is 4.45. The lowest BCUT2D eigenvalue weighted by Crippen LogP contribution is -2.28. The fourth-order valence-electron chi connectivity index (χ4n) is 1.74. The van der Waals surface area contributed by atoms with E-state index in [0.29, 0.717) is 5.69 Å². The Morgan fingerprint density at radius 1 is 1.45 bits per heavy atom. The second-order valence-electron chi connectivity index (χ2n) is 5.04. The molecule has 0 unspecified atom stereocenters. The van der Waals surface area contributed by atoms with E-state index in [1.807, 2.05) is 5.38 Å². The summed E-state index contributed by atoms with van der Waals surface area (Å²) in [5, 5.41) is 17.1. The number of aryl methyl sites for hydroxylation is 1. The molecule has 0 saturated carbocycles. The summed E-state index contributed by atoms with van der Waals surface area (Å²) in [5.41, 5.74) is 0.998. The molecule has 0 spiro atoms. The summed E-state index contributed by atoms with van der Waals surface area (Å²) in [6, 6.07) is 2.14. The van der Waals surface area contributed by atoms with E-state index in [1.54, 1.807) is 25.2 Å². The highest BCUT2D eigenvalue weighted by Gasteiger charge is 2.32. The highest BCUT2D eigenvalue weighted by atomic mass is 32.1. The summed E-state index contributed by atoms with van der Waals surface area (Å²) in [5.74, 6) is -0.860. The van der Waals surface area contributed by atoms with Crippen molar-refractivity contribution < 1.29 is 9.90 Å². The van der Waals surface area contributed by atoms with Crippen molar-refractivity contribution in [2.75, 3.05) is 5.32 Å². The Balaban J connectivity index is 2.05. The standard InChI is InChI=1S/C14H18N2O2S2/c1-4-9-5-6-19-10(9)7-15-13-16-11(8-20-13)14(2,3)12(17)18/h5-6,8H,4,7H2,1-3H3,(H,15,16)(H,17,18). The number of rotatable bonds is 6. The van der Waals surface area contributed by atoms with Crippen molar-refractivity contribution in [3.63, 3.8) is 0 Å². The molecule has 0 saturated heterocycles. The van der Waals surface area contributed by atoms with Gasteiger partial charge in [0.05, 0.1) is 12.2 Å². The van der Waals surface area contributed by atoms with Crippen LogP contribution in [-0.4, -0.2) is 16.1 Å². The van der Waals surface area contributed by atoms with Crippen LogP contribution in [0.25, 0.3) is 0 Å². The zero-order chi connectivity index (χ0) is 14.8. The van der Waals surface area contributed by atoms with Crippen LogP contribution in [0.3, 0.4) is 0 Å². The maximum atomic E-state index is 11.2. The summed E-state index contributed by atoms with van der Waals surface area (Å²) in [6.07, 6.45) is 1.02. The monoisotopic (exact) mass is 310 g/mol. The van der Waals surface area contributed by atoms with Crippen molar-refractivity contribution in [3.8, 4) is 0 Å². The minimum absolute atomic E-state index is 0.597. The third kappa shape index (κ3) is 3.02. The summed E-state index contributed by atoms with van der Waals surface area (Å²) in [7, 11) is 0. The van der Waals surface area contributed by atoms with Crippen LogP contribution >= 0.6 is 22.7 Å². The van der Waals surface area contributed by atoms with Gasteiger partial charge in [0.15, 0.2) is 5.13 Å². The smallest absolute Gasteiger partial charge is 0.315 e. The van der Waals surface area contributed by atoms with Crippen LogP contribution in [0, 0.1) is 0 Å². The van der Waals surface area contributed by atoms with Crippen LogP contribution in [0.1, 0.15) is 36.9 Å². The van der Waals surface area contributed by atoms with Gasteiger partial charge in [0, 0.05) is 10.3 Å². The first-order chi connectivity index (χ1) is 9.45. The molecule has 2 N–H and O–H groups in total. The summed E-state index contributed by atoms with van der Waals surface area (Å²) in [4.78, 5) is 16.9. The molecule has 2 aromatic rings. The van der Waals surface area contributed by atoms with Crippen LogP contribution < -0.4 is 5.32 Å². The number of aliphatic carboxylic acids is 1. The Labute approximate surface area is 126 Å². The number of nitrogens with one attached hydrogen (secondary N) is 1. The molecule has 2 heterocycles. The fourth-order valence-corrected chi connectivity index (χ4v) is 3.54. The van der Waals surface area contributed by atoms with Crippen LogP contribution in [0.2, 0.25) is 0 Å². The number of aromatic nitrogens is 1. The fraction of sp³-hybridized carbons (Fsp3) is 0.429. The average molecular weight is 310 g/mol. The lowest BCUT2D eigenvalue weighted by Gasteiger charge is -2.15. The van der Waals surface area contributed by atoms with E-state index in [-0.39, 0.29) is 0 Å². The highest BCUT2D eigenvalue weighted by molar-refractivity contribution is 7.13. The van der Waals surface area contributed by atoms with E-state index >= 15 is 0 Å². The quantitative estimate of drug-likeness (QED) is 0.853. The van der Waals surface area contributed by atoms with Crippen LogP contribution in [-0.2, 0) is 23.2 Å². The second kappa shape index (κ2) is 5.93. The van der Waals surface area contributed by atoms with Gasteiger partial charge >= 0.3 is 5.97 Å². The molecule has 20 heavy (non-hydrogen) atoms. The number of thiazole rings is 1. The zero-order valence-electron chi connectivity index (χ0n) is 11.8. The number of carbonyl (C=O) groups is 1. The highest BCUT2D eigenvalue weighted by Crippen LogP contribution is 2.28. The molecule has 2 rings (SSSR count). The first kappa shape index (κ1) is 15.0. The van der Waals surface area contributed by atoms with Gasteiger partial charge < -0.3 is 10.4 Å². The molecule has 0 fully saturated rings. The van der Waals surface area contributed by atoms with E-state index in [9.17, 15) is 9.90 Å². The molecule has 6 heteroatoms. The Bertz CT molecular complexity index is 602. The molecule has 0 bridgehead atoms. The number of thiophene rings is 1. The van der Waals surface area contributed by atoms with Gasteiger partial charge in [0.25, 0.3) is 0 Å². The number of carboxylic acids is 1. The molecule has 0 atom stereocenters. The van der Waals surface area contributed by atoms with Gasteiger partial charge in [-0.25, -0.2) is 4.98 Å². The Morgan fingerprint density at radius 3 is 2.85 bits per heavy atom. The van der Waals surface area contributed by atoms with Crippen molar-refractivity contribution in [2.45, 2.75) is 39.2 Å². The largest absolute Gasteiger partial charge is 0.481 e. The minimum Gasteiger partial charge on any atom is -0.481 e. The number of hydrogen-bond acceptors (Lipinski definition) is 5. The molecule has 0 radical (unpaired) electrons. The SMILES string of the molecule is CCc1ccsc1CNc1nc(C(C)(C)C(=O)O)cs1. The molecule has 108 valence electrons. The summed E-state index contributed by atoms with van der Waals surface area (Å²) in [6.45, 7) is 6.22. The van der Waals surface area contributed by atoms with E-state index in [1.165, 1.54) is 21.8 Å². The molecular formula is C14H18N2O2S2. The molecule has 0 aromatic carbocycles. The number of anilines is 1. The van der Waals surface area contributed by atoms with Gasteiger partial charge in [0.1, 0.15) is 5.41 Å². The Morgan fingerprint density at radius 2 is 2.20 bits per heavy atom. The van der Waals surface area contributed by atoms with Gasteiger partial charge in [-0.1, -0.05) is 6.92 Å². The second-order valence-corrected chi connectivity index (χ2v) is 6.90. The maximum Gasteiger partial charge on any atom is 0.315 e. The van der Waals surface area contributed by atoms with Crippen LogP contribution in [0.5, 0.6) is 0 Å². The molecule has 0 aliphatic heterocycles. The normalized spacial score (nSPS) is 11.6. The summed E-state index contributed by atoms with van der Waals surface area (Å²) < 4.78 is 0. The number of hydrogen-bond donors (Lipinski definition) is 2. The van der Waals surface area contributed by atoms with E-state index in [0.717, 1.165) is 18.1 Å². The van der Waals surface area contributed by atoms with Crippen molar-refractivity contribution in [1.29, 1.82) is 0 Å². The van der Waals surface area contributed by atoms with Gasteiger partial charge in [-0.3, -0.25) is 4.79 Å². The van der Waals surface area contributed by atoms with Crippen LogP contribution in [0.4, 0.5) is 5.13 Å². The van der Waals surface area contributed by atoms with Crippen molar-refractivity contribution in [2.24, 2.45) is 0 Å². The third-order valence-electron chi connectivity index (χ3n) is 3.30. The molecule has 0 aliphatic carbocycles. The van der Waals surface area contributed by atoms with Gasteiger partial charge in [-0.2, -0.15) is 0 Å². The van der Waals surface area contributed by atoms with Gasteiger partial charge in [-0.15, -0.1) is 22.7 Å². The predicted molar refractivity (Wildman–Crippen MR) is 83.8 cm³/mol. The molecule has 0 amide bonds. The lowest BCUT2D eigenvalue weighted by atomic mass is 9.90. The first-order valence-corrected chi connectivity index (χ1v) is 8.19. The van der Waals surface area contributed by atoms with Gasteiger partial charge in [0.2, 0.25) is 0 Å². The summed E-state index contributed by atoms with van der Waals surface area (Å²) >= 11 is 3.18. The van der Waals surface area contributed by atoms with Crippen molar-refractivity contribution >= 4 is 33.8 Å².